The first-order valence-corrected chi connectivity index (χ1v) is 1.95. The minimum Gasteiger partial charge on any atom is -0.332 e. The molecule has 0 fully saturated rings. The highest BCUT2D eigenvalue weighted by Gasteiger charge is 2.35. The molecule has 0 bridgehead atoms. The molecule has 0 aliphatic rings. The molecule has 0 radical (unpaired) electrons. The van der Waals surface area contributed by atoms with E-state index in [9.17, 15) is 13.2 Å². The Kier molecular flexibility index (Phi) is 1.15. The first-order chi connectivity index (χ1) is 4.11. The highest BCUT2D eigenvalue weighted by atomic mass is 19.4. The maximum atomic E-state index is 11.4. The normalized spacial score (nSPS) is 11.9. The van der Waals surface area contributed by atoms with Crippen molar-refractivity contribution in [1.29, 1.82) is 0 Å². The summed E-state index contributed by atoms with van der Waals surface area (Å²) in [7, 11) is 0. The van der Waals surface area contributed by atoms with Gasteiger partial charge < -0.3 is 4.52 Å². The van der Waals surface area contributed by atoms with Crippen molar-refractivity contribution in [2.45, 2.75) is 6.18 Å². The van der Waals surface area contributed by atoms with Gasteiger partial charge in [-0.15, -0.1) is 5.10 Å². The van der Waals surface area contributed by atoms with E-state index in [1.807, 2.05) is 0 Å². The Morgan fingerprint density at radius 1 is 1.44 bits per heavy atom. The zero-order valence-electron chi connectivity index (χ0n) is 4.01. The molecule has 1 aromatic heterocycles. The van der Waals surface area contributed by atoms with Crippen LogP contribution >= 0.6 is 0 Å². The van der Waals surface area contributed by atoms with Crippen LogP contribution in [0.3, 0.4) is 0 Å². The summed E-state index contributed by atoms with van der Waals surface area (Å²) < 4.78 is 38.1. The Balaban J connectivity index is 2.90. The van der Waals surface area contributed by atoms with Crippen LogP contribution in [-0.4, -0.2) is 10.4 Å². The number of alkyl halides is 3. The van der Waals surface area contributed by atoms with Crippen molar-refractivity contribution >= 4 is 0 Å². The first-order valence-electron chi connectivity index (χ1n) is 1.95. The molecule has 1 rings (SSSR count). The van der Waals surface area contributed by atoms with Gasteiger partial charge in [-0.3, -0.25) is 0 Å². The molecular weight excluding hydrogens is 137 g/mol. The second-order valence-corrected chi connectivity index (χ2v) is 1.28. The lowest BCUT2D eigenvalue weighted by Gasteiger charge is -1.95. The standard InChI is InChI=1S/C3HF3N2O/c4-3(5,6)2-1-7-8-9-2/h1H. The van der Waals surface area contributed by atoms with Crippen LogP contribution in [-0.2, 0) is 6.18 Å². The second-order valence-electron chi connectivity index (χ2n) is 1.28. The van der Waals surface area contributed by atoms with Crippen LogP contribution in [0.15, 0.2) is 10.7 Å². The Morgan fingerprint density at radius 2 is 2.11 bits per heavy atom. The molecule has 0 N–H and O–H groups in total. The number of halogens is 3. The second kappa shape index (κ2) is 1.71. The molecule has 0 aliphatic heterocycles. The fraction of sp³-hybridized carbons (Fsp3) is 0.333. The molecule has 6 heteroatoms. The highest BCUT2D eigenvalue weighted by Crippen LogP contribution is 2.27. The van der Waals surface area contributed by atoms with E-state index in [0.717, 1.165) is 0 Å². The third kappa shape index (κ3) is 1.18. The van der Waals surface area contributed by atoms with Crippen LogP contribution in [0.25, 0.3) is 0 Å². The average Bonchev–Trinajstić information content (AvgIpc) is 2.08. The third-order valence-corrected chi connectivity index (χ3v) is 0.641. The van der Waals surface area contributed by atoms with Crippen molar-refractivity contribution in [2.75, 3.05) is 0 Å². The van der Waals surface area contributed by atoms with Gasteiger partial charge in [0.25, 0.3) is 5.76 Å². The number of rotatable bonds is 0. The van der Waals surface area contributed by atoms with Gasteiger partial charge >= 0.3 is 6.18 Å². The van der Waals surface area contributed by atoms with Crippen molar-refractivity contribution < 1.29 is 17.7 Å². The van der Waals surface area contributed by atoms with Gasteiger partial charge in [-0.25, -0.2) is 0 Å². The summed E-state index contributed by atoms with van der Waals surface area (Å²) in [5.74, 6) is -1.18. The van der Waals surface area contributed by atoms with Crippen LogP contribution in [0, 0.1) is 0 Å². The fourth-order valence-electron chi connectivity index (χ4n) is 0.292. The highest BCUT2D eigenvalue weighted by molar-refractivity contribution is 4.90. The molecule has 0 unspecified atom stereocenters. The quantitative estimate of drug-likeness (QED) is 0.538. The molecular formula is C3HF3N2O. The summed E-state index contributed by atoms with van der Waals surface area (Å²) in [4.78, 5) is 0. The largest absolute Gasteiger partial charge is 0.454 e. The summed E-state index contributed by atoms with van der Waals surface area (Å²) in [6, 6.07) is 0. The van der Waals surface area contributed by atoms with E-state index in [-0.39, 0.29) is 0 Å². The Bertz CT molecular complexity index is 179. The number of nitrogens with zero attached hydrogens (tertiary/aromatic N) is 2. The van der Waals surface area contributed by atoms with Gasteiger partial charge in [0.05, 0.1) is 0 Å². The van der Waals surface area contributed by atoms with Gasteiger partial charge in [0.15, 0.2) is 0 Å². The van der Waals surface area contributed by atoms with Gasteiger partial charge in [0.1, 0.15) is 6.20 Å². The van der Waals surface area contributed by atoms with E-state index >= 15 is 0 Å². The molecule has 1 aromatic rings. The molecule has 0 amide bonds. The Morgan fingerprint density at radius 3 is 2.33 bits per heavy atom. The van der Waals surface area contributed by atoms with E-state index in [2.05, 4.69) is 14.9 Å². The molecule has 0 saturated carbocycles. The monoisotopic (exact) mass is 138 g/mol. The van der Waals surface area contributed by atoms with Crippen molar-refractivity contribution in [1.82, 2.24) is 10.4 Å². The van der Waals surface area contributed by atoms with Crippen molar-refractivity contribution in [3.8, 4) is 0 Å². The summed E-state index contributed by atoms with van der Waals surface area (Å²) >= 11 is 0. The maximum absolute atomic E-state index is 11.4. The van der Waals surface area contributed by atoms with Crippen LogP contribution in [0.1, 0.15) is 5.76 Å². The molecule has 0 atom stereocenters. The Hall–Kier alpha value is -1.07. The summed E-state index contributed by atoms with van der Waals surface area (Å²) in [6.07, 6.45) is -3.95. The smallest absolute Gasteiger partial charge is 0.332 e. The minimum absolute atomic E-state index is 0.514. The summed E-state index contributed by atoms with van der Waals surface area (Å²) in [6.45, 7) is 0. The number of hydrogen-bond acceptors (Lipinski definition) is 3. The van der Waals surface area contributed by atoms with Gasteiger partial charge in [-0.1, -0.05) is 0 Å². The maximum Gasteiger partial charge on any atom is 0.454 e. The van der Waals surface area contributed by atoms with Gasteiger partial charge in [-0.05, 0) is 0 Å². The SMILES string of the molecule is FC(F)(F)c1cnno1. The molecule has 0 aliphatic carbocycles. The van der Waals surface area contributed by atoms with Crippen molar-refractivity contribution in [3.05, 3.63) is 12.0 Å². The zero-order chi connectivity index (χ0) is 6.91. The predicted molar refractivity (Wildman–Crippen MR) is 19.3 cm³/mol. The van der Waals surface area contributed by atoms with Gasteiger partial charge in [0.2, 0.25) is 0 Å². The molecule has 9 heavy (non-hydrogen) atoms. The molecule has 3 nitrogen and oxygen atoms in total. The summed E-state index contributed by atoms with van der Waals surface area (Å²) in [5, 5.41) is 5.50. The summed E-state index contributed by atoms with van der Waals surface area (Å²) in [5.41, 5.74) is 0. The van der Waals surface area contributed by atoms with Crippen molar-refractivity contribution in [3.63, 3.8) is 0 Å². The minimum atomic E-state index is -4.47. The average molecular weight is 138 g/mol. The van der Waals surface area contributed by atoms with Crippen LogP contribution in [0.5, 0.6) is 0 Å². The van der Waals surface area contributed by atoms with E-state index < -0.39 is 11.9 Å². The predicted octanol–water partition coefficient (Wildman–Crippen LogP) is 1.09. The van der Waals surface area contributed by atoms with Crippen LogP contribution in [0.2, 0.25) is 0 Å². The van der Waals surface area contributed by atoms with E-state index in [1.165, 1.54) is 0 Å². The molecule has 1 heterocycles. The molecule has 50 valence electrons. The molecule has 0 spiro atoms. The zero-order valence-corrected chi connectivity index (χ0v) is 4.01. The number of hydrogen-bond donors (Lipinski definition) is 0. The lowest BCUT2D eigenvalue weighted by molar-refractivity contribution is -0.155. The van der Waals surface area contributed by atoms with Crippen molar-refractivity contribution in [2.24, 2.45) is 0 Å². The topological polar surface area (TPSA) is 38.9 Å². The first kappa shape index (κ1) is 6.06. The molecule has 0 aromatic carbocycles. The van der Waals surface area contributed by atoms with Gasteiger partial charge in [0, 0.05) is 5.27 Å². The Labute approximate surface area is 47.4 Å². The lowest BCUT2D eigenvalue weighted by Crippen LogP contribution is -2.01. The van der Waals surface area contributed by atoms with E-state index in [0.29, 0.717) is 6.20 Å². The third-order valence-electron chi connectivity index (χ3n) is 0.641. The van der Waals surface area contributed by atoms with Crippen LogP contribution < -0.4 is 0 Å². The van der Waals surface area contributed by atoms with E-state index in [1.54, 1.807) is 0 Å². The van der Waals surface area contributed by atoms with E-state index in [4.69, 9.17) is 0 Å². The lowest BCUT2D eigenvalue weighted by atomic mass is 10.5. The van der Waals surface area contributed by atoms with Gasteiger partial charge in [-0.2, -0.15) is 13.2 Å². The number of aromatic nitrogens is 2. The molecule has 0 saturated heterocycles. The fourth-order valence-corrected chi connectivity index (χ4v) is 0.292. The van der Waals surface area contributed by atoms with Crippen LogP contribution in [0.4, 0.5) is 13.2 Å².